The van der Waals surface area contributed by atoms with E-state index in [0.29, 0.717) is 33.3 Å². The molecule has 0 aliphatic carbocycles. The smallest absolute Gasteiger partial charge is 0.256 e. The van der Waals surface area contributed by atoms with Gasteiger partial charge in [0.1, 0.15) is 11.7 Å². The molecule has 0 atom stereocenters. The molecule has 0 aromatic heterocycles. The average molecular weight is 539 g/mol. The van der Waals surface area contributed by atoms with E-state index in [2.05, 4.69) is 31.3 Å². The summed E-state index contributed by atoms with van der Waals surface area (Å²) in [7, 11) is 0. The Kier molecular flexibility index (Phi) is 7.56. The molecule has 0 saturated carbocycles. The van der Waals surface area contributed by atoms with Crippen LogP contribution in [0.2, 0.25) is 0 Å². The highest BCUT2D eigenvalue weighted by Gasteiger charge is 2.17. The van der Waals surface area contributed by atoms with E-state index in [1.807, 2.05) is 60.7 Å². The summed E-state index contributed by atoms with van der Waals surface area (Å²) in [4.78, 5) is 35.5. The molecule has 0 bridgehead atoms. The molecular formula is C30H27ClN6O2. The molecule has 6 rings (SSSR count). The van der Waals surface area contributed by atoms with Crippen molar-refractivity contribution in [2.24, 2.45) is 9.98 Å². The standard InChI is InChI=1S/C30H26N6O2.ClH/c37-29(35-21-7-1-5-19(17-21)27-31-13-14-32-27)25-11-3-10-24-23(25)9-4-12-26(24)30(38)36-22-8-2-6-20(18-22)28-33-15-16-34-28;/h1-12,17-18H,13-16H2,(H,31,32)(H,33,34)(H,35,37)(H,36,38);1H. The van der Waals surface area contributed by atoms with E-state index >= 15 is 0 Å². The number of amidine groups is 2. The van der Waals surface area contributed by atoms with Gasteiger partial charge in [0.15, 0.2) is 0 Å². The summed E-state index contributed by atoms with van der Waals surface area (Å²) in [6, 6.07) is 26.1. The minimum absolute atomic E-state index is 0. The normalized spacial score (nSPS) is 13.9. The third-order valence-electron chi connectivity index (χ3n) is 6.55. The summed E-state index contributed by atoms with van der Waals surface area (Å²) in [6.07, 6.45) is 0. The van der Waals surface area contributed by atoms with Crippen molar-refractivity contribution in [3.63, 3.8) is 0 Å². The lowest BCUT2D eigenvalue weighted by Gasteiger charge is -2.13. The van der Waals surface area contributed by atoms with Crippen molar-refractivity contribution in [2.45, 2.75) is 0 Å². The van der Waals surface area contributed by atoms with Crippen LogP contribution in [0.25, 0.3) is 10.8 Å². The third kappa shape index (κ3) is 5.46. The Morgan fingerprint density at radius 1 is 0.615 bits per heavy atom. The van der Waals surface area contributed by atoms with Crippen LogP contribution in [0.4, 0.5) is 11.4 Å². The predicted octanol–water partition coefficient (Wildman–Crippen LogP) is 4.47. The van der Waals surface area contributed by atoms with Crippen LogP contribution in [0.3, 0.4) is 0 Å². The number of halogens is 1. The van der Waals surface area contributed by atoms with Gasteiger partial charge in [-0.2, -0.15) is 0 Å². The van der Waals surface area contributed by atoms with Crippen molar-refractivity contribution >= 4 is 58.0 Å². The maximum atomic E-state index is 13.3. The molecule has 9 heteroatoms. The van der Waals surface area contributed by atoms with E-state index in [1.54, 1.807) is 24.3 Å². The Hall–Kier alpha value is -4.69. The fraction of sp³-hybridized carbons (Fsp3) is 0.133. The molecule has 0 unspecified atom stereocenters. The highest BCUT2D eigenvalue weighted by Crippen LogP contribution is 2.25. The van der Waals surface area contributed by atoms with E-state index in [4.69, 9.17) is 0 Å². The maximum absolute atomic E-state index is 13.3. The number of carbonyl (C=O) groups excluding carboxylic acids is 2. The van der Waals surface area contributed by atoms with Gasteiger partial charge < -0.3 is 21.3 Å². The SMILES string of the molecule is Cl.O=C(Nc1cccc(C2=NCCN2)c1)c1cccc2c(C(=O)Nc3cccc(C4=NCCN4)c3)cccc12. The van der Waals surface area contributed by atoms with Crippen molar-refractivity contribution in [3.05, 3.63) is 107 Å². The van der Waals surface area contributed by atoms with Crippen LogP contribution in [-0.4, -0.2) is 49.7 Å². The van der Waals surface area contributed by atoms with Crippen molar-refractivity contribution in [1.82, 2.24) is 10.6 Å². The molecule has 4 aromatic carbocycles. The number of hydrogen-bond acceptors (Lipinski definition) is 6. The van der Waals surface area contributed by atoms with Gasteiger partial charge in [-0.3, -0.25) is 19.6 Å². The molecule has 2 amide bonds. The van der Waals surface area contributed by atoms with E-state index in [-0.39, 0.29) is 24.2 Å². The first kappa shape index (κ1) is 25.9. The molecule has 8 nitrogen and oxygen atoms in total. The molecular weight excluding hydrogens is 512 g/mol. The Balaban J connectivity index is 0.00000308. The van der Waals surface area contributed by atoms with Crippen LogP contribution in [0.15, 0.2) is 94.9 Å². The largest absolute Gasteiger partial charge is 0.368 e. The predicted molar refractivity (Wildman–Crippen MR) is 159 cm³/mol. The summed E-state index contributed by atoms with van der Waals surface area (Å²) >= 11 is 0. The van der Waals surface area contributed by atoms with Gasteiger partial charge in [0, 0.05) is 46.7 Å². The highest BCUT2D eigenvalue weighted by atomic mass is 35.5. The number of hydrogen-bond donors (Lipinski definition) is 4. The molecule has 196 valence electrons. The maximum Gasteiger partial charge on any atom is 0.256 e. The number of amides is 2. The highest BCUT2D eigenvalue weighted by molar-refractivity contribution is 6.19. The van der Waals surface area contributed by atoms with Crippen LogP contribution >= 0.6 is 12.4 Å². The summed E-state index contributed by atoms with van der Waals surface area (Å²) in [6.45, 7) is 3.12. The first-order valence-electron chi connectivity index (χ1n) is 12.6. The number of carbonyl (C=O) groups is 2. The molecule has 2 aliphatic heterocycles. The average Bonchev–Trinajstić information content (AvgIpc) is 3.68. The van der Waals surface area contributed by atoms with E-state index in [9.17, 15) is 9.59 Å². The van der Waals surface area contributed by atoms with Crippen molar-refractivity contribution in [3.8, 4) is 0 Å². The minimum Gasteiger partial charge on any atom is -0.368 e. The summed E-state index contributed by atoms with van der Waals surface area (Å²) < 4.78 is 0. The molecule has 39 heavy (non-hydrogen) atoms. The van der Waals surface area contributed by atoms with Gasteiger partial charge in [0.25, 0.3) is 11.8 Å². The zero-order valence-electron chi connectivity index (χ0n) is 21.0. The fourth-order valence-electron chi connectivity index (χ4n) is 4.77. The van der Waals surface area contributed by atoms with Crippen molar-refractivity contribution < 1.29 is 9.59 Å². The van der Waals surface area contributed by atoms with E-state index in [0.717, 1.165) is 49.0 Å². The number of rotatable bonds is 6. The number of benzene rings is 4. The van der Waals surface area contributed by atoms with Crippen LogP contribution in [0, 0.1) is 0 Å². The Morgan fingerprint density at radius 2 is 1.05 bits per heavy atom. The second-order valence-corrected chi connectivity index (χ2v) is 9.09. The van der Waals surface area contributed by atoms with Crippen LogP contribution in [0.5, 0.6) is 0 Å². The number of nitrogens with zero attached hydrogens (tertiary/aromatic N) is 2. The van der Waals surface area contributed by atoms with Gasteiger partial charge in [0.2, 0.25) is 0 Å². The summed E-state index contributed by atoms with van der Waals surface area (Å²) in [5.41, 5.74) is 4.19. The molecule has 4 N–H and O–H groups in total. The zero-order chi connectivity index (χ0) is 25.9. The minimum atomic E-state index is -0.246. The fourth-order valence-corrected chi connectivity index (χ4v) is 4.77. The number of aliphatic imine (C=N–C) groups is 2. The Bertz CT molecular complexity index is 1510. The molecule has 0 saturated heterocycles. The number of anilines is 2. The van der Waals surface area contributed by atoms with Crippen molar-refractivity contribution in [1.29, 1.82) is 0 Å². The third-order valence-corrected chi connectivity index (χ3v) is 6.55. The molecule has 0 spiro atoms. The second-order valence-electron chi connectivity index (χ2n) is 9.09. The lowest BCUT2D eigenvalue weighted by atomic mass is 9.99. The lowest BCUT2D eigenvalue weighted by Crippen LogP contribution is -2.20. The van der Waals surface area contributed by atoms with Gasteiger partial charge in [-0.1, -0.05) is 48.5 Å². The topological polar surface area (TPSA) is 107 Å². The first-order chi connectivity index (χ1) is 18.7. The first-order valence-corrected chi connectivity index (χ1v) is 12.6. The molecule has 0 fully saturated rings. The van der Waals surface area contributed by atoms with Crippen LogP contribution in [0.1, 0.15) is 31.8 Å². The van der Waals surface area contributed by atoms with Crippen molar-refractivity contribution in [2.75, 3.05) is 36.8 Å². The zero-order valence-corrected chi connectivity index (χ0v) is 21.8. The molecule has 0 radical (unpaired) electrons. The number of nitrogens with one attached hydrogen (secondary N) is 4. The number of fused-ring (bicyclic) bond motifs is 1. The van der Waals surface area contributed by atoms with Gasteiger partial charge in [-0.25, -0.2) is 0 Å². The summed E-state index contributed by atoms with van der Waals surface area (Å²) in [5, 5.41) is 13.9. The quantitative estimate of drug-likeness (QED) is 0.290. The van der Waals surface area contributed by atoms with E-state index < -0.39 is 0 Å². The van der Waals surface area contributed by atoms with Gasteiger partial charge in [-0.05, 0) is 47.2 Å². The van der Waals surface area contributed by atoms with E-state index in [1.165, 1.54) is 0 Å². The molecule has 2 aliphatic rings. The lowest BCUT2D eigenvalue weighted by molar-refractivity contribution is 0.101. The Labute approximate surface area is 232 Å². The molecule has 4 aromatic rings. The molecule has 2 heterocycles. The second kappa shape index (κ2) is 11.4. The van der Waals surface area contributed by atoms with Gasteiger partial charge in [0.05, 0.1) is 13.1 Å². The van der Waals surface area contributed by atoms with Gasteiger partial charge in [-0.15, -0.1) is 12.4 Å². The monoisotopic (exact) mass is 538 g/mol. The van der Waals surface area contributed by atoms with Crippen LogP contribution < -0.4 is 21.3 Å². The Morgan fingerprint density at radius 3 is 1.46 bits per heavy atom. The summed E-state index contributed by atoms with van der Waals surface area (Å²) in [5.74, 6) is 1.17. The van der Waals surface area contributed by atoms with Crippen LogP contribution in [-0.2, 0) is 0 Å². The van der Waals surface area contributed by atoms with Gasteiger partial charge >= 0.3 is 0 Å².